The van der Waals surface area contributed by atoms with Gasteiger partial charge in [-0.05, 0) is 6.92 Å². The highest BCUT2D eigenvalue weighted by Gasteiger charge is 1.75. The van der Waals surface area contributed by atoms with Crippen LogP contribution in [0, 0.1) is 0 Å². The maximum atomic E-state index is 10.5. The van der Waals surface area contributed by atoms with Crippen LogP contribution in [0.1, 0.15) is 46.5 Å². The average Bonchev–Trinajstić information content (AvgIpc) is 2.16. The van der Waals surface area contributed by atoms with E-state index in [1.165, 1.54) is 31.8 Å². The topological polar surface area (TPSA) is 0 Å². The fraction of sp³-hybridized carbons (Fsp3) is 0.636. The molecule has 0 heterocycles. The summed E-state index contributed by atoms with van der Waals surface area (Å²) in [6.07, 6.45) is 7.62. The third kappa shape index (κ3) is 88.7. The maximum Gasteiger partial charge on any atom is 0.0824 e. The number of unbranched alkanes of at least 4 members (excludes halogenated alkanes) is 3. The molecule has 0 bridgehead atoms. The van der Waals surface area contributed by atoms with Gasteiger partial charge in [0.1, 0.15) is 0 Å². The van der Waals surface area contributed by atoms with E-state index in [1.54, 1.807) is 6.92 Å². The van der Waals surface area contributed by atoms with E-state index in [1.807, 2.05) is 0 Å². The van der Waals surface area contributed by atoms with Gasteiger partial charge in [0.15, 0.2) is 0 Å². The number of hydrogen-bond donors (Lipinski definition) is 0. The van der Waals surface area contributed by atoms with E-state index in [9.17, 15) is 8.78 Å². The van der Waals surface area contributed by atoms with Crippen molar-refractivity contribution in [2.45, 2.75) is 46.5 Å². The van der Waals surface area contributed by atoms with E-state index in [-0.39, 0.29) is 6.33 Å². The van der Waals surface area contributed by atoms with Crippen molar-refractivity contribution in [3.8, 4) is 0 Å². The molecule has 0 atom stereocenters. The summed E-state index contributed by atoms with van der Waals surface area (Å²) < 4.78 is 20.6. The molecule has 0 aromatic carbocycles. The minimum Gasteiger partial charge on any atom is -0.216 e. The van der Waals surface area contributed by atoms with Crippen LogP contribution in [0.2, 0.25) is 0 Å². The van der Waals surface area contributed by atoms with Crippen LogP contribution >= 0.6 is 0 Å². The van der Waals surface area contributed by atoms with Crippen LogP contribution in [0.4, 0.5) is 8.78 Å². The molecule has 0 saturated heterocycles. The fourth-order valence-electron chi connectivity index (χ4n) is 0.500. The average molecular weight is 192 g/mol. The number of allylic oxidation sites excluding steroid dienone is 1. The molecule has 0 aliphatic heterocycles. The molecule has 2 heteroatoms. The largest absolute Gasteiger partial charge is 0.216 e. The standard InChI is InChI=1S/C6H14.C3H5F.C2H3F/c1-3-5-6-4-2;1-2-3-4;1-2-3/h3-6H2,1-2H3;2-3H,1H3;2H,1H2. The molecule has 80 valence electrons. The molecule has 0 saturated carbocycles. The van der Waals surface area contributed by atoms with Gasteiger partial charge in [0, 0.05) is 0 Å². The molecule has 13 heavy (non-hydrogen) atoms. The first-order valence-electron chi connectivity index (χ1n) is 4.67. The van der Waals surface area contributed by atoms with Crippen LogP contribution in [-0.4, -0.2) is 0 Å². The molecule has 0 amide bonds. The summed E-state index contributed by atoms with van der Waals surface area (Å²) in [5, 5.41) is 0. The minimum absolute atomic E-state index is 0.250. The van der Waals surface area contributed by atoms with Crippen molar-refractivity contribution in [1.29, 1.82) is 0 Å². The van der Waals surface area contributed by atoms with Crippen molar-refractivity contribution in [1.82, 2.24) is 0 Å². The molecule has 0 rings (SSSR count). The molecule has 0 aromatic rings. The maximum absolute atomic E-state index is 10.5. The third-order valence-electron chi connectivity index (χ3n) is 1.08. The SMILES string of the molecule is C=CF.CC=CF.CCCCCC. The zero-order valence-corrected chi connectivity index (χ0v) is 9.02. The molecule has 0 aliphatic rings. The first-order valence-corrected chi connectivity index (χ1v) is 4.67. The van der Waals surface area contributed by atoms with Crippen molar-refractivity contribution in [3.05, 3.63) is 25.3 Å². The van der Waals surface area contributed by atoms with Crippen molar-refractivity contribution >= 4 is 0 Å². The summed E-state index contributed by atoms with van der Waals surface area (Å²) in [6.45, 7) is 8.78. The Balaban J connectivity index is -0.000000125. The summed E-state index contributed by atoms with van der Waals surface area (Å²) in [7, 11) is 0. The Morgan fingerprint density at radius 2 is 1.31 bits per heavy atom. The summed E-state index contributed by atoms with van der Waals surface area (Å²) in [5.41, 5.74) is 0. The second-order valence-electron chi connectivity index (χ2n) is 2.32. The van der Waals surface area contributed by atoms with Crippen LogP contribution < -0.4 is 0 Å². The van der Waals surface area contributed by atoms with E-state index in [0.29, 0.717) is 6.33 Å². The van der Waals surface area contributed by atoms with Crippen LogP contribution in [0.3, 0.4) is 0 Å². The number of hydrogen-bond acceptors (Lipinski definition) is 0. The number of rotatable bonds is 3. The zero-order chi connectivity index (χ0) is 10.9. The summed E-state index contributed by atoms with van der Waals surface area (Å²) in [4.78, 5) is 0. The molecule has 0 N–H and O–H groups in total. The van der Waals surface area contributed by atoms with Crippen LogP contribution in [0.5, 0.6) is 0 Å². The van der Waals surface area contributed by atoms with Crippen LogP contribution in [0.25, 0.3) is 0 Å². The number of halogens is 2. The highest BCUT2D eigenvalue weighted by Crippen LogP contribution is 1.95. The second kappa shape index (κ2) is 30.2. The normalized spacial score (nSPS) is 8.08. The lowest BCUT2D eigenvalue weighted by molar-refractivity contribution is 0.702. The summed E-state index contributed by atoms with van der Waals surface area (Å²) in [6, 6.07) is 0. The van der Waals surface area contributed by atoms with Crippen molar-refractivity contribution in [3.63, 3.8) is 0 Å². The van der Waals surface area contributed by atoms with Crippen molar-refractivity contribution in [2.75, 3.05) is 0 Å². The smallest absolute Gasteiger partial charge is 0.0824 e. The Hall–Kier alpha value is -0.660. The van der Waals surface area contributed by atoms with Crippen LogP contribution in [0.15, 0.2) is 25.3 Å². The monoisotopic (exact) mass is 192 g/mol. The molecular formula is C11H22F2. The van der Waals surface area contributed by atoms with Gasteiger partial charge >= 0.3 is 0 Å². The van der Waals surface area contributed by atoms with Gasteiger partial charge in [-0.25, -0.2) is 8.78 Å². The van der Waals surface area contributed by atoms with E-state index < -0.39 is 0 Å². The van der Waals surface area contributed by atoms with Gasteiger partial charge in [-0.15, -0.1) is 0 Å². The van der Waals surface area contributed by atoms with Gasteiger partial charge in [-0.2, -0.15) is 0 Å². The van der Waals surface area contributed by atoms with E-state index >= 15 is 0 Å². The van der Waals surface area contributed by atoms with Crippen LogP contribution in [-0.2, 0) is 0 Å². The van der Waals surface area contributed by atoms with E-state index in [2.05, 4.69) is 20.4 Å². The van der Waals surface area contributed by atoms with Gasteiger partial charge in [0.25, 0.3) is 0 Å². The molecular weight excluding hydrogens is 170 g/mol. The molecule has 0 fully saturated rings. The van der Waals surface area contributed by atoms with Gasteiger partial charge in [-0.1, -0.05) is 52.2 Å². The summed E-state index contributed by atoms with van der Waals surface area (Å²) in [5.74, 6) is 0. The van der Waals surface area contributed by atoms with Gasteiger partial charge in [-0.3, -0.25) is 0 Å². The Bertz CT molecular complexity index is 80.1. The highest BCUT2D eigenvalue weighted by atomic mass is 19.1. The lowest BCUT2D eigenvalue weighted by Crippen LogP contribution is -1.66. The Morgan fingerprint density at radius 3 is 1.38 bits per heavy atom. The predicted molar refractivity (Wildman–Crippen MR) is 57.0 cm³/mol. The summed E-state index contributed by atoms with van der Waals surface area (Å²) >= 11 is 0. The fourth-order valence-corrected chi connectivity index (χ4v) is 0.500. The molecule has 0 nitrogen and oxygen atoms in total. The third-order valence-corrected chi connectivity index (χ3v) is 1.08. The molecule has 0 aromatic heterocycles. The first kappa shape index (κ1) is 18.2. The lowest BCUT2D eigenvalue weighted by atomic mass is 10.2. The molecule has 0 spiro atoms. The molecule has 0 radical (unpaired) electrons. The van der Waals surface area contributed by atoms with E-state index in [4.69, 9.17) is 0 Å². The Morgan fingerprint density at radius 1 is 1.08 bits per heavy atom. The van der Waals surface area contributed by atoms with Gasteiger partial charge in [0.2, 0.25) is 0 Å². The van der Waals surface area contributed by atoms with Crippen molar-refractivity contribution < 1.29 is 8.78 Å². The quantitative estimate of drug-likeness (QED) is 0.541. The highest BCUT2D eigenvalue weighted by molar-refractivity contribution is 4.61. The predicted octanol–water partition coefficient (Wildman–Crippen LogP) is 5.18. The molecule has 0 aliphatic carbocycles. The first-order chi connectivity index (χ1) is 6.24. The zero-order valence-electron chi connectivity index (χ0n) is 9.02. The molecule has 0 unspecified atom stereocenters. The second-order valence-corrected chi connectivity index (χ2v) is 2.32. The Kier molecular flexibility index (Phi) is 42.2. The minimum atomic E-state index is 0.250. The van der Waals surface area contributed by atoms with Crippen molar-refractivity contribution in [2.24, 2.45) is 0 Å². The van der Waals surface area contributed by atoms with Gasteiger partial charge in [0.05, 0.1) is 12.7 Å². The lowest BCUT2D eigenvalue weighted by Gasteiger charge is -1.86. The van der Waals surface area contributed by atoms with Gasteiger partial charge < -0.3 is 0 Å². The Labute approximate surface area is 81.4 Å². The van der Waals surface area contributed by atoms with E-state index in [0.717, 1.165) is 0 Å².